The van der Waals surface area contributed by atoms with Crippen LogP contribution in [0, 0.1) is 11.3 Å². The quantitative estimate of drug-likeness (QED) is 0.848. The molecule has 3 heteroatoms. The zero-order valence-corrected chi connectivity index (χ0v) is 9.95. The van der Waals surface area contributed by atoms with Gasteiger partial charge in [-0.3, -0.25) is 0 Å². The maximum absolute atomic E-state index is 9.02. The normalized spacial score (nSPS) is 10.9. The molecule has 0 saturated heterocycles. The van der Waals surface area contributed by atoms with Crippen LogP contribution in [0.5, 0.6) is 5.75 Å². The van der Waals surface area contributed by atoms with Crippen molar-refractivity contribution >= 4 is 0 Å². The number of benzene rings is 1. The standard InChI is InChI=1S/C13H17NO2/c1-13(2,3)11-4-5-12(16-7-6-15)10(8-11)9-14/h4-5,8,15H,6-7H2,1-3H3. The zero-order valence-electron chi connectivity index (χ0n) is 9.95. The van der Waals surface area contributed by atoms with E-state index in [2.05, 4.69) is 26.8 Å². The number of rotatable bonds is 3. The van der Waals surface area contributed by atoms with Crippen LogP contribution in [0.25, 0.3) is 0 Å². The summed E-state index contributed by atoms with van der Waals surface area (Å²) in [5, 5.41) is 17.7. The lowest BCUT2D eigenvalue weighted by atomic mass is 9.86. The summed E-state index contributed by atoms with van der Waals surface area (Å²) in [6.45, 7) is 6.45. The minimum Gasteiger partial charge on any atom is -0.490 e. The first-order valence-electron chi connectivity index (χ1n) is 5.27. The number of aliphatic hydroxyl groups is 1. The van der Waals surface area contributed by atoms with Crippen molar-refractivity contribution in [3.63, 3.8) is 0 Å². The Bertz CT molecular complexity index is 399. The van der Waals surface area contributed by atoms with Crippen molar-refractivity contribution in [1.29, 1.82) is 5.26 Å². The molecule has 0 spiro atoms. The topological polar surface area (TPSA) is 53.2 Å². The molecule has 1 aromatic rings. The predicted octanol–water partition coefficient (Wildman–Crippen LogP) is 2.23. The van der Waals surface area contributed by atoms with Gasteiger partial charge in [0.05, 0.1) is 12.2 Å². The Hall–Kier alpha value is -1.53. The first-order chi connectivity index (χ1) is 7.49. The fourth-order valence-electron chi connectivity index (χ4n) is 1.37. The van der Waals surface area contributed by atoms with Gasteiger partial charge in [-0.2, -0.15) is 5.26 Å². The van der Waals surface area contributed by atoms with E-state index in [1.165, 1.54) is 0 Å². The molecule has 0 fully saturated rings. The molecule has 0 aromatic heterocycles. The van der Waals surface area contributed by atoms with Crippen LogP contribution >= 0.6 is 0 Å². The Balaban J connectivity index is 3.04. The lowest BCUT2D eigenvalue weighted by Gasteiger charge is -2.20. The third-order valence-corrected chi connectivity index (χ3v) is 2.31. The molecule has 3 nitrogen and oxygen atoms in total. The molecule has 0 saturated carbocycles. The van der Waals surface area contributed by atoms with Crippen molar-refractivity contribution in [2.45, 2.75) is 26.2 Å². The van der Waals surface area contributed by atoms with E-state index in [9.17, 15) is 0 Å². The molecule has 0 radical (unpaired) electrons. The molecule has 0 aliphatic heterocycles. The SMILES string of the molecule is CC(C)(C)c1ccc(OCCO)c(C#N)c1. The number of ether oxygens (including phenoxy) is 1. The second-order valence-electron chi connectivity index (χ2n) is 4.64. The van der Waals surface area contributed by atoms with Crippen LogP contribution in [-0.2, 0) is 5.41 Å². The van der Waals surface area contributed by atoms with E-state index >= 15 is 0 Å². The largest absolute Gasteiger partial charge is 0.490 e. The van der Waals surface area contributed by atoms with Crippen LogP contribution in [0.3, 0.4) is 0 Å². The van der Waals surface area contributed by atoms with Crippen molar-refractivity contribution in [1.82, 2.24) is 0 Å². The lowest BCUT2D eigenvalue weighted by Crippen LogP contribution is -2.11. The van der Waals surface area contributed by atoms with Gasteiger partial charge >= 0.3 is 0 Å². The summed E-state index contributed by atoms with van der Waals surface area (Å²) in [5.41, 5.74) is 1.63. The number of hydrogen-bond acceptors (Lipinski definition) is 3. The minimum atomic E-state index is -0.0497. The summed E-state index contributed by atoms with van der Waals surface area (Å²) in [6.07, 6.45) is 0. The summed E-state index contributed by atoms with van der Waals surface area (Å²) in [6, 6.07) is 7.69. The molecule has 0 aliphatic rings. The minimum absolute atomic E-state index is 0.0150. The maximum Gasteiger partial charge on any atom is 0.137 e. The van der Waals surface area contributed by atoms with Crippen LogP contribution in [0.1, 0.15) is 31.9 Å². The van der Waals surface area contributed by atoms with E-state index in [0.717, 1.165) is 5.56 Å². The molecule has 86 valence electrons. The fourth-order valence-corrected chi connectivity index (χ4v) is 1.37. The molecule has 0 atom stereocenters. The van der Waals surface area contributed by atoms with Crippen LogP contribution in [0.4, 0.5) is 0 Å². The van der Waals surface area contributed by atoms with Crippen molar-refractivity contribution in [2.75, 3.05) is 13.2 Å². The highest BCUT2D eigenvalue weighted by atomic mass is 16.5. The van der Waals surface area contributed by atoms with Crippen molar-refractivity contribution in [2.24, 2.45) is 0 Å². The van der Waals surface area contributed by atoms with Gasteiger partial charge in [0.15, 0.2) is 0 Å². The molecular formula is C13H17NO2. The summed E-state index contributed by atoms with van der Waals surface area (Å²) in [5.74, 6) is 0.532. The van der Waals surface area contributed by atoms with Crippen molar-refractivity contribution < 1.29 is 9.84 Å². The molecule has 1 rings (SSSR count). The van der Waals surface area contributed by atoms with E-state index in [0.29, 0.717) is 11.3 Å². The summed E-state index contributed by atoms with van der Waals surface area (Å²) < 4.78 is 5.27. The molecule has 0 amide bonds. The zero-order chi connectivity index (χ0) is 12.2. The van der Waals surface area contributed by atoms with Crippen molar-refractivity contribution in [3.8, 4) is 11.8 Å². The van der Waals surface area contributed by atoms with E-state index in [1.807, 2.05) is 12.1 Å². The average molecular weight is 219 g/mol. The Morgan fingerprint density at radius 2 is 2.06 bits per heavy atom. The second-order valence-corrected chi connectivity index (χ2v) is 4.64. The summed E-state index contributed by atoms with van der Waals surface area (Å²) in [4.78, 5) is 0. The first-order valence-corrected chi connectivity index (χ1v) is 5.27. The fraction of sp³-hybridized carbons (Fsp3) is 0.462. The van der Waals surface area contributed by atoms with Gasteiger partial charge in [-0.05, 0) is 23.1 Å². The summed E-state index contributed by atoms with van der Waals surface area (Å²) >= 11 is 0. The van der Waals surface area contributed by atoms with Gasteiger partial charge < -0.3 is 9.84 Å². The van der Waals surface area contributed by atoms with E-state index in [-0.39, 0.29) is 18.6 Å². The number of nitriles is 1. The second kappa shape index (κ2) is 5.00. The summed E-state index contributed by atoms with van der Waals surface area (Å²) in [7, 11) is 0. The molecular weight excluding hydrogens is 202 g/mol. The highest BCUT2D eigenvalue weighted by Gasteiger charge is 2.15. The van der Waals surface area contributed by atoms with Crippen LogP contribution in [-0.4, -0.2) is 18.3 Å². The maximum atomic E-state index is 9.02. The van der Waals surface area contributed by atoms with Gasteiger partial charge in [-0.15, -0.1) is 0 Å². The van der Waals surface area contributed by atoms with Gasteiger partial charge in [-0.25, -0.2) is 0 Å². The lowest BCUT2D eigenvalue weighted by molar-refractivity contribution is 0.201. The van der Waals surface area contributed by atoms with Gasteiger partial charge in [-0.1, -0.05) is 26.8 Å². The third kappa shape index (κ3) is 2.98. The van der Waals surface area contributed by atoms with Gasteiger partial charge in [0, 0.05) is 0 Å². The Kier molecular flexibility index (Phi) is 3.92. The monoisotopic (exact) mass is 219 g/mol. The molecule has 0 heterocycles. The molecule has 0 aliphatic carbocycles. The van der Waals surface area contributed by atoms with E-state index < -0.39 is 0 Å². The predicted molar refractivity (Wildman–Crippen MR) is 62.4 cm³/mol. The van der Waals surface area contributed by atoms with Gasteiger partial charge in [0.2, 0.25) is 0 Å². The molecule has 1 aromatic carbocycles. The highest BCUT2D eigenvalue weighted by molar-refractivity contribution is 5.46. The van der Waals surface area contributed by atoms with Crippen LogP contribution < -0.4 is 4.74 Å². The van der Waals surface area contributed by atoms with Crippen molar-refractivity contribution in [3.05, 3.63) is 29.3 Å². The first kappa shape index (κ1) is 12.5. The smallest absolute Gasteiger partial charge is 0.137 e. The van der Waals surface area contributed by atoms with E-state index in [4.69, 9.17) is 15.1 Å². The molecule has 16 heavy (non-hydrogen) atoms. The third-order valence-electron chi connectivity index (χ3n) is 2.31. The number of aliphatic hydroxyl groups excluding tert-OH is 1. The number of nitrogens with zero attached hydrogens (tertiary/aromatic N) is 1. The number of hydrogen-bond donors (Lipinski definition) is 1. The molecule has 0 unspecified atom stereocenters. The Morgan fingerprint density at radius 3 is 2.56 bits per heavy atom. The Morgan fingerprint density at radius 1 is 1.38 bits per heavy atom. The Labute approximate surface area is 96.3 Å². The molecule has 0 bridgehead atoms. The van der Waals surface area contributed by atoms with Crippen LogP contribution in [0.2, 0.25) is 0 Å². The average Bonchev–Trinajstić information content (AvgIpc) is 2.24. The van der Waals surface area contributed by atoms with Gasteiger partial charge in [0.1, 0.15) is 18.4 Å². The van der Waals surface area contributed by atoms with Crippen LogP contribution in [0.15, 0.2) is 18.2 Å². The van der Waals surface area contributed by atoms with E-state index in [1.54, 1.807) is 6.07 Å². The highest BCUT2D eigenvalue weighted by Crippen LogP contribution is 2.27. The van der Waals surface area contributed by atoms with Gasteiger partial charge in [0.25, 0.3) is 0 Å². The molecule has 1 N–H and O–H groups in total.